The highest BCUT2D eigenvalue weighted by atomic mass is 32.1. The minimum absolute atomic E-state index is 1.09. The molecule has 0 bridgehead atoms. The summed E-state index contributed by atoms with van der Waals surface area (Å²) in [4.78, 5) is 1.09. The van der Waals surface area contributed by atoms with E-state index in [1.165, 1.54) is 16.7 Å². The van der Waals surface area contributed by atoms with Gasteiger partial charge in [-0.25, -0.2) is 0 Å². The molecule has 0 aromatic heterocycles. The monoisotopic (exact) mass is 180 g/mol. The van der Waals surface area contributed by atoms with Crippen molar-refractivity contribution >= 4 is 12.6 Å². The van der Waals surface area contributed by atoms with E-state index in [0.717, 1.165) is 4.90 Å². The average molecular weight is 180 g/mol. The first kappa shape index (κ1) is 11.3. The van der Waals surface area contributed by atoms with Crippen LogP contribution in [0.1, 0.15) is 16.7 Å². The van der Waals surface area contributed by atoms with Crippen LogP contribution in [0, 0.1) is 20.8 Å². The third kappa shape index (κ3) is 2.74. The average Bonchev–Trinajstić information content (AvgIpc) is 2.05. The van der Waals surface area contributed by atoms with E-state index in [4.69, 9.17) is 0 Å². The molecular formula is C11H16S. The molecule has 0 spiro atoms. The molecule has 0 saturated carbocycles. The standard InChI is InChI=1S/C9H12S.C2H4/c1-6-4-8(3)9(10)5-7(6)2;1-2/h4-5,10H,1-3H3;1-2H2. The zero-order valence-corrected chi connectivity index (χ0v) is 8.91. The topological polar surface area (TPSA) is 0 Å². The van der Waals surface area contributed by atoms with Crippen LogP contribution in [-0.2, 0) is 0 Å². The summed E-state index contributed by atoms with van der Waals surface area (Å²) in [5.41, 5.74) is 3.91. The van der Waals surface area contributed by atoms with E-state index in [9.17, 15) is 0 Å². The van der Waals surface area contributed by atoms with Crippen LogP contribution in [0.25, 0.3) is 0 Å². The summed E-state index contributed by atoms with van der Waals surface area (Å²) in [7, 11) is 0. The van der Waals surface area contributed by atoms with E-state index in [2.05, 4.69) is 58.7 Å². The summed E-state index contributed by atoms with van der Waals surface area (Å²) < 4.78 is 0. The van der Waals surface area contributed by atoms with Gasteiger partial charge in [-0.1, -0.05) is 6.07 Å². The Morgan fingerprint density at radius 3 is 1.75 bits per heavy atom. The molecule has 1 aromatic carbocycles. The second kappa shape index (κ2) is 5.04. The van der Waals surface area contributed by atoms with Crippen molar-refractivity contribution in [1.82, 2.24) is 0 Å². The Kier molecular flexibility index (Phi) is 4.75. The Labute approximate surface area is 80.7 Å². The highest BCUT2D eigenvalue weighted by Crippen LogP contribution is 2.17. The first-order valence-corrected chi connectivity index (χ1v) is 4.33. The second-order valence-electron chi connectivity index (χ2n) is 2.72. The van der Waals surface area contributed by atoms with Crippen molar-refractivity contribution in [1.29, 1.82) is 0 Å². The molecule has 1 aromatic rings. The van der Waals surface area contributed by atoms with Crippen LogP contribution >= 0.6 is 12.6 Å². The second-order valence-corrected chi connectivity index (χ2v) is 3.20. The first-order chi connectivity index (χ1) is 5.61. The van der Waals surface area contributed by atoms with Crippen molar-refractivity contribution in [3.63, 3.8) is 0 Å². The van der Waals surface area contributed by atoms with Crippen molar-refractivity contribution in [3.05, 3.63) is 42.0 Å². The summed E-state index contributed by atoms with van der Waals surface area (Å²) >= 11 is 4.31. The fourth-order valence-corrected chi connectivity index (χ4v) is 1.20. The van der Waals surface area contributed by atoms with Gasteiger partial charge in [0.1, 0.15) is 0 Å². The Morgan fingerprint density at radius 2 is 1.33 bits per heavy atom. The number of benzene rings is 1. The molecule has 0 N–H and O–H groups in total. The Bertz CT molecular complexity index is 214. The summed E-state index contributed by atoms with van der Waals surface area (Å²) in [6.45, 7) is 12.3. The quantitative estimate of drug-likeness (QED) is 0.457. The van der Waals surface area contributed by atoms with Crippen molar-refractivity contribution in [2.24, 2.45) is 0 Å². The lowest BCUT2D eigenvalue weighted by atomic mass is 10.1. The van der Waals surface area contributed by atoms with Crippen LogP contribution in [0.4, 0.5) is 0 Å². The van der Waals surface area contributed by atoms with Crippen molar-refractivity contribution in [2.75, 3.05) is 0 Å². The zero-order chi connectivity index (χ0) is 9.72. The molecule has 0 atom stereocenters. The van der Waals surface area contributed by atoms with Gasteiger partial charge in [0.2, 0.25) is 0 Å². The molecular weight excluding hydrogens is 164 g/mol. The van der Waals surface area contributed by atoms with Gasteiger partial charge in [0.05, 0.1) is 0 Å². The van der Waals surface area contributed by atoms with Gasteiger partial charge in [-0.05, 0) is 43.5 Å². The number of hydrogen-bond donors (Lipinski definition) is 1. The Hall–Kier alpha value is -0.690. The van der Waals surface area contributed by atoms with Crippen molar-refractivity contribution in [3.8, 4) is 0 Å². The van der Waals surface area contributed by atoms with E-state index >= 15 is 0 Å². The van der Waals surface area contributed by atoms with Gasteiger partial charge in [0.15, 0.2) is 0 Å². The number of aryl methyl sites for hydroxylation is 3. The molecule has 0 aliphatic heterocycles. The molecule has 0 aliphatic carbocycles. The van der Waals surface area contributed by atoms with Crippen molar-refractivity contribution in [2.45, 2.75) is 25.7 Å². The lowest BCUT2D eigenvalue weighted by Gasteiger charge is -2.03. The van der Waals surface area contributed by atoms with Gasteiger partial charge >= 0.3 is 0 Å². The molecule has 0 heterocycles. The number of hydrogen-bond acceptors (Lipinski definition) is 1. The third-order valence-electron chi connectivity index (χ3n) is 1.81. The largest absolute Gasteiger partial charge is 0.143 e. The van der Waals surface area contributed by atoms with E-state index in [1.54, 1.807) is 0 Å². The Balaban J connectivity index is 0.000000561. The van der Waals surface area contributed by atoms with E-state index in [-0.39, 0.29) is 0 Å². The normalized spacial score (nSPS) is 8.67. The van der Waals surface area contributed by atoms with Crippen LogP contribution in [-0.4, -0.2) is 0 Å². The fourth-order valence-electron chi connectivity index (χ4n) is 0.945. The van der Waals surface area contributed by atoms with Crippen LogP contribution in [0.3, 0.4) is 0 Å². The molecule has 0 unspecified atom stereocenters. The van der Waals surface area contributed by atoms with E-state index in [0.29, 0.717) is 0 Å². The summed E-state index contributed by atoms with van der Waals surface area (Å²) in [5.74, 6) is 0. The van der Waals surface area contributed by atoms with E-state index < -0.39 is 0 Å². The minimum Gasteiger partial charge on any atom is -0.143 e. The smallest absolute Gasteiger partial charge is 0.00720 e. The molecule has 0 saturated heterocycles. The lowest BCUT2D eigenvalue weighted by Crippen LogP contribution is -1.83. The first-order valence-electron chi connectivity index (χ1n) is 3.88. The SMILES string of the molecule is C=C.Cc1cc(C)c(S)cc1C. The molecule has 12 heavy (non-hydrogen) atoms. The van der Waals surface area contributed by atoms with Gasteiger partial charge in [0, 0.05) is 4.90 Å². The number of thiol groups is 1. The van der Waals surface area contributed by atoms with Gasteiger partial charge in [-0.3, -0.25) is 0 Å². The zero-order valence-electron chi connectivity index (χ0n) is 8.02. The summed E-state index contributed by atoms with van der Waals surface area (Å²) in [5, 5.41) is 0. The molecule has 0 aliphatic rings. The van der Waals surface area contributed by atoms with Gasteiger partial charge in [0.25, 0.3) is 0 Å². The van der Waals surface area contributed by atoms with Gasteiger partial charge < -0.3 is 0 Å². The summed E-state index contributed by atoms with van der Waals surface area (Å²) in [6, 6.07) is 4.27. The molecule has 1 rings (SSSR count). The van der Waals surface area contributed by atoms with Crippen LogP contribution in [0.15, 0.2) is 30.2 Å². The van der Waals surface area contributed by atoms with Gasteiger partial charge in [-0.15, -0.1) is 25.8 Å². The maximum absolute atomic E-state index is 4.31. The maximum Gasteiger partial charge on any atom is 0.00720 e. The predicted molar refractivity (Wildman–Crippen MR) is 59.2 cm³/mol. The van der Waals surface area contributed by atoms with Crippen molar-refractivity contribution < 1.29 is 0 Å². The number of rotatable bonds is 0. The highest BCUT2D eigenvalue weighted by Gasteiger charge is 1.95. The van der Waals surface area contributed by atoms with Crippen LogP contribution in [0.2, 0.25) is 0 Å². The van der Waals surface area contributed by atoms with Crippen LogP contribution in [0.5, 0.6) is 0 Å². The Morgan fingerprint density at radius 1 is 0.917 bits per heavy atom. The lowest BCUT2D eigenvalue weighted by molar-refractivity contribution is 1.21. The fraction of sp³-hybridized carbons (Fsp3) is 0.273. The molecule has 66 valence electrons. The van der Waals surface area contributed by atoms with Crippen LogP contribution < -0.4 is 0 Å². The van der Waals surface area contributed by atoms with E-state index in [1.807, 2.05) is 0 Å². The third-order valence-corrected chi connectivity index (χ3v) is 2.29. The molecule has 0 radical (unpaired) electrons. The minimum atomic E-state index is 1.09. The molecule has 0 fully saturated rings. The maximum atomic E-state index is 4.31. The predicted octanol–water partition coefficient (Wildman–Crippen LogP) is 3.70. The molecule has 1 heteroatoms. The highest BCUT2D eigenvalue weighted by molar-refractivity contribution is 7.80. The van der Waals surface area contributed by atoms with Gasteiger partial charge in [-0.2, -0.15) is 0 Å². The molecule has 0 amide bonds. The molecule has 0 nitrogen and oxygen atoms in total. The summed E-state index contributed by atoms with van der Waals surface area (Å²) in [6.07, 6.45) is 0.